The number of carbonyl (C=O) groups excluding carboxylic acids is 2. The first kappa shape index (κ1) is 28.8. The van der Waals surface area contributed by atoms with Gasteiger partial charge in [0.05, 0.1) is 0 Å². The van der Waals surface area contributed by atoms with E-state index in [-0.39, 0.29) is 45.3 Å². The fourth-order valence-corrected chi connectivity index (χ4v) is 12.5. The molecular weight excluding hydrogens is 494 g/mol. The number of rotatable bonds is 3. The molecular formula is C36H57NO3. The first-order chi connectivity index (χ1) is 18.7. The molecule has 0 radical (unpaired) electrons. The van der Waals surface area contributed by atoms with E-state index < -0.39 is 0 Å². The lowest BCUT2D eigenvalue weighted by Crippen LogP contribution is -2.66. The number of ether oxygens (including phenoxy) is 1. The number of amides is 1. The van der Waals surface area contributed by atoms with E-state index in [2.05, 4.69) is 60.7 Å². The molecule has 0 heterocycles. The van der Waals surface area contributed by atoms with Crippen LogP contribution in [0.3, 0.4) is 0 Å². The van der Waals surface area contributed by atoms with Gasteiger partial charge in [0.25, 0.3) is 0 Å². The third-order valence-electron chi connectivity index (χ3n) is 14.7. The molecule has 0 bridgehead atoms. The Hall–Kier alpha value is -1.32. The minimum atomic E-state index is -0.187. The van der Waals surface area contributed by atoms with Crippen LogP contribution in [0.2, 0.25) is 0 Å². The van der Waals surface area contributed by atoms with Crippen molar-refractivity contribution in [3.05, 3.63) is 11.1 Å². The first-order valence-corrected chi connectivity index (χ1v) is 16.9. The number of carbonyl (C=O) groups is 2. The van der Waals surface area contributed by atoms with Crippen molar-refractivity contribution in [2.75, 3.05) is 0 Å². The van der Waals surface area contributed by atoms with E-state index in [0.29, 0.717) is 29.5 Å². The maximum absolute atomic E-state index is 13.3. The highest BCUT2D eigenvalue weighted by Crippen LogP contribution is 2.76. The maximum atomic E-state index is 13.3. The van der Waals surface area contributed by atoms with Gasteiger partial charge < -0.3 is 10.1 Å². The van der Waals surface area contributed by atoms with Crippen molar-refractivity contribution in [2.45, 2.75) is 151 Å². The molecule has 0 saturated heterocycles. The summed E-state index contributed by atoms with van der Waals surface area (Å²) in [6.45, 7) is 19.7. The van der Waals surface area contributed by atoms with Gasteiger partial charge in [0.2, 0.25) is 0 Å². The highest BCUT2D eigenvalue weighted by Gasteiger charge is 2.69. The highest BCUT2D eigenvalue weighted by atomic mass is 16.6. The van der Waals surface area contributed by atoms with Gasteiger partial charge in [-0.1, -0.05) is 61.0 Å². The van der Waals surface area contributed by atoms with Gasteiger partial charge in [-0.15, -0.1) is 0 Å². The highest BCUT2D eigenvalue weighted by molar-refractivity contribution is 6.00. The van der Waals surface area contributed by atoms with E-state index in [1.807, 2.05) is 0 Å². The van der Waals surface area contributed by atoms with Gasteiger partial charge in [0.15, 0.2) is 5.78 Å². The lowest BCUT2D eigenvalue weighted by atomic mass is 9.33. The van der Waals surface area contributed by atoms with Crippen LogP contribution < -0.4 is 5.32 Å². The molecule has 224 valence electrons. The Morgan fingerprint density at radius 3 is 2.20 bits per heavy atom. The monoisotopic (exact) mass is 551 g/mol. The van der Waals surface area contributed by atoms with E-state index in [0.717, 1.165) is 25.7 Å². The molecule has 40 heavy (non-hydrogen) atoms. The fraction of sp³-hybridized carbons (Fsp3) is 0.889. The first-order valence-electron chi connectivity index (χ1n) is 16.9. The molecule has 1 amide bonds. The summed E-state index contributed by atoms with van der Waals surface area (Å²) in [5, 5.41) is 3.37. The standard InChI is InChI=1S/C36H57NO3/c1-22(2)29-25(38)21-33(5)19-20-35(7)24(30(29)33)13-14-27-34(6)17-16-28(37-31(39)40-23-11-9-10-12-23)32(3,4)26(34)15-18-36(27,35)8/h22-24,26-28H,9-21H2,1-8H3,(H,37,39)/t24-,26+,27-,28?,33+,34+,35-,36-/m1/s1. The van der Waals surface area contributed by atoms with Crippen molar-refractivity contribution in [2.24, 2.45) is 50.7 Å². The molecule has 4 heteroatoms. The number of fused-ring (bicyclic) bond motifs is 7. The Labute approximate surface area is 244 Å². The molecule has 8 atom stereocenters. The molecule has 5 saturated carbocycles. The van der Waals surface area contributed by atoms with E-state index >= 15 is 0 Å². The van der Waals surface area contributed by atoms with Crippen LogP contribution in [0.4, 0.5) is 4.79 Å². The summed E-state index contributed by atoms with van der Waals surface area (Å²) in [5.74, 6) is 2.60. The summed E-state index contributed by atoms with van der Waals surface area (Å²) < 4.78 is 5.84. The topological polar surface area (TPSA) is 55.4 Å². The lowest BCUT2D eigenvalue weighted by Gasteiger charge is -2.72. The predicted octanol–water partition coefficient (Wildman–Crippen LogP) is 9.02. The summed E-state index contributed by atoms with van der Waals surface area (Å²) in [6, 6.07) is 0.175. The number of hydrogen-bond donors (Lipinski definition) is 1. The van der Waals surface area contributed by atoms with Crippen molar-refractivity contribution >= 4 is 11.9 Å². The Bertz CT molecular complexity index is 1100. The average molecular weight is 552 g/mol. The normalized spacial score (nSPS) is 46.5. The van der Waals surface area contributed by atoms with Gasteiger partial charge in [-0.25, -0.2) is 4.79 Å². The summed E-state index contributed by atoms with van der Waals surface area (Å²) in [5.41, 5.74) is 3.72. The SMILES string of the molecule is CC(C)C1=C2[C@H]3CC[C@@H]4[C@@]5(C)CCC(NC(=O)OC6CCCC6)C(C)(C)[C@@H]5CC[C@@]4(C)[C@]3(C)CC[C@@]2(C)CC1=O. The smallest absolute Gasteiger partial charge is 0.407 e. The second-order valence-corrected chi connectivity index (χ2v) is 17.1. The minimum absolute atomic E-state index is 0.0388. The van der Waals surface area contributed by atoms with Crippen LogP contribution in [0.15, 0.2) is 11.1 Å². The van der Waals surface area contributed by atoms with Gasteiger partial charge >= 0.3 is 6.09 Å². The second-order valence-electron chi connectivity index (χ2n) is 17.1. The predicted molar refractivity (Wildman–Crippen MR) is 161 cm³/mol. The molecule has 0 aromatic carbocycles. The number of ketones is 1. The Balaban J connectivity index is 1.27. The summed E-state index contributed by atoms with van der Waals surface area (Å²) in [7, 11) is 0. The van der Waals surface area contributed by atoms with E-state index in [1.165, 1.54) is 63.4 Å². The van der Waals surface area contributed by atoms with E-state index in [4.69, 9.17) is 4.74 Å². The van der Waals surface area contributed by atoms with Gasteiger partial charge in [-0.3, -0.25) is 4.79 Å². The Morgan fingerprint density at radius 2 is 1.52 bits per heavy atom. The molecule has 6 rings (SSSR count). The zero-order chi connectivity index (χ0) is 28.9. The third-order valence-corrected chi connectivity index (χ3v) is 14.7. The largest absolute Gasteiger partial charge is 0.446 e. The molecule has 1 N–H and O–H groups in total. The van der Waals surface area contributed by atoms with Crippen LogP contribution in [0.5, 0.6) is 0 Å². The Morgan fingerprint density at radius 1 is 0.825 bits per heavy atom. The molecule has 0 aromatic heterocycles. The molecule has 5 fully saturated rings. The zero-order valence-corrected chi connectivity index (χ0v) is 26.9. The lowest BCUT2D eigenvalue weighted by molar-refractivity contribution is -0.215. The quantitative estimate of drug-likeness (QED) is 0.381. The number of allylic oxidation sites excluding steroid dienone is 2. The van der Waals surface area contributed by atoms with Crippen molar-refractivity contribution in [3.8, 4) is 0 Å². The molecule has 0 spiro atoms. The second kappa shape index (κ2) is 9.34. The molecule has 4 nitrogen and oxygen atoms in total. The van der Waals surface area contributed by atoms with Crippen LogP contribution in [-0.4, -0.2) is 24.0 Å². The van der Waals surface area contributed by atoms with Crippen LogP contribution >= 0.6 is 0 Å². The number of Topliss-reactive ketones (excluding diaryl/α,β-unsaturated/α-hetero) is 1. The van der Waals surface area contributed by atoms with Crippen LogP contribution in [-0.2, 0) is 9.53 Å². The van der Waals surface area contributed by atoms with Gasteiger partial charge in [-0.2, -0.15) is 0 Å². The van der Waals surface area contributed by atoms with Crippen molar-refractivity contribution in [1.82, 2.24) is 5.32 Å². The van der Waals surface area contributed by atoms with Gasteiger partial charge in [0, 0.05) is 12.5 Å². The van der Waals surface area contributed by atoms with Crippen molar-refractivity contribution < 1.29 is 14.3 Å². The van der Waals surface area contributed by atoms with Crippen LogP contribution in [0.1, 0.15) is 139 Å². The Kier molecular flexibility index (Phi) is 6.72. The number of nitrogens with one attached hydrogen (secondary N) is 1. The zero-order valence-electron chi connectivity index (χ0n) is 26.9. The van der Waals surface area contributed by atoms with Gasteiger partial charge in [-0.05, 0) is 133 Å². The summed E-state index contributed by atoms with van der Waals surface area (Å²) in [4.78, 5) is 26.3. The number of alkyl carbamates (subject to hydrolysis) is 1. The van der Waals surface area contributed by atoms with E-state index in [1.54, 1.807) is 5.57 Å². The van der Waals surface area contributed by atoms with Crippen LogP contribution in [0.25, 0.3) is 0 Å². The van der Waals surface area contributed by atoms with Crippen molar-refractivity contribution in [3.63, 3.8) is 0 Å². The molecule has 1 unspecified atom stereocenters. The molecule has 0 aromatic rings. The van der Waals surface area contributed by atoms with E-state index in [9.17, 15) is 9.59 Å². The summed E-state index contributed by atoms with van der Waals surface area (Å²) >= 11 is 0. The minimum Gasteiger partial charge on any atom is -0.446 e. The number of hydrogen-bond acceptors (Lipinski definition) is 3. The molecule has 6 aliphatic rings. The maximum Gasteiger partial charge on any atom is 0.407 e. The molecule has 0 aliphatic heterocycles. The van der Waals surface area contributed by atoms with Gasteiger partial charge in [0.1, 0.15) is 6.10 Å². The molecule has 6 aliphatic carbocycles. The van der Waals surface area contributed by atoms with Crippen LogP contribution in [0, 0.1) is 50.7 Å². The van der Waals surface area contributed by atoms with Crippen molar-refractivity contribution in [1.29, 1.82) is 0 Å². The average Bonchev–Trinajstić information content (AvgIpc) is 3.46. The third kappa shape index (κ3) is 3.88. The summed E-state index contributed by atoms with van der Waals surface area (Å²) in [6.07, 6.45) is 14.7. The fourth-order valence-electron chi connectivity index (χ4n) is 12.5.